The third-order valence-electron chi connectivity index (χ3n) is 5.43. The van der Waals surface area contributed by atoms with Gasteiger partial charge in [-0.1, -0.05) is 31.7 Å². The van der Waals surface area contributed by atoms with Crippen LogP contribution in [0.5, 0.6) is 5.75 Å². The van der Waals surface area contributed by atoms with Crippen LogP contribution in [-0.2, 0) is 11.8 Å². The fourth-order valence-corrected chi connectivity index (χ4v) is 4.17. The minimum absolute atomic E-state index is 0.0313. The maximum absolute atomic E-state index is 12.8. The van der Waals surface area contributed by atoms with Crippen LogP contribution in [0.3, 0.4) is 0 Å². The highest BCUT2D eigenvalue weighted by atomic mass is 32.2. The average molecular weight is 544 g/mol. The molecule has 0 aliphatic rings. The maximum atomic E-state index is 12.8. The van der Waals surface area contributed by atoms with E-state index in [2.05, 4.69) is 20.8 Å². The lowest BCUT2D eigenvalue weighted by Gasteiger charge is -2.21. The van der Waals surface area contributed by atoms with Gasteiger partial charge in [0.15, 0.2) is 11.0 Å². The lowest BCUT2D eigenvalue weighted by atomic mass is 10.0. The average Bonchev–Trinajstić information content (AvgIpc) is 3.25. The van der Waals surface area contributed by atoms with E-state index in [0.29, 0.717) is 11.0 Å². The minimum Gasteiger partial charge on any atom is -0.496 e. The lowest BCUT2D eigenvalue weighted by Crippen LogP contribution is -2.33. The minimum atomic E-state index is -0.617. The van der Waals surface area contributed by atoms with Crippen molar-refractivity contribution in [2.45, 2.75) is 25.0 Å². The molecule has 3 aromatic rings. The highest BCUT2D eigenvalue weighted by molar-refractivity contribution is 7.99. The molecule has 2 N–H and O–H groups in total. The van der Waals surface area contributed by atoms with Crippen molar-refractivity contribution in [3.8, 4) is 5.75 Å². The molecular formula is C23H25N7O7S. The van der Waals surface area contributed by atoms with Gasteiger partial charge in [0.25, 0.3) is 17.3 Å². The Morgan fingerprint density at radius 1 is 1.11 bits per heavy atom. The first-order valence-corrected chi connectivity index (χ1v) is 12.2. The van der Waals surface area contributed by atoms with E-state index in [-0.39, 0.29) is 40.0 Å². The summed E-state index contributed by atoms with van der Waals surface area (Å²) in [6.07, 6.45) is 0. The summed E-state index contributed by atoms with van der Waals surface area (Å²) < 4.78 is 6.62. The number of non-ortho nitro benzene ring substituents is 1. The summed E-state index contributed by atoms with van der Waals surface area (Å²) in [4.78, 5) is 46.5. The number of carbonyl (C=O) groups excluding carboxylic acids is 2. The largest absolute Gasteiger partial charge is 0.496 e. The first-order chi connectivity index (χ1) is 18.0. The first-order valence-electron chi connectivity index (χ1n) is 11.2. The molecule has 15 heteroatoms. The van der Waals surface area contributed by atoms with E-state index in [0.717, 1.165) is 11.8 Å². The second-order valence-electron chi connectivity index (χ2n) is 8.38. The van der Waals surface area contributed by atoms with Crippen LogP contribution >= 0.6 is 11.8 Å². The van der Waals surface area contributed by atoms with Crippen molar-refractivity contribution >= 4 is 40.6 Å². The van der Waals surface area contributed by atoms with Crippen LogP contribution in [0.2, 0.25) is 0 Å². The number of nitrogens with zero attached hydrogens (tertiary/aromatic N) is 5. The van der Waals surface area contributed by atoms with E-state index in [9.17, 15) is 29.8 Å². The number of hydrogen-bond donors (Lipinski definition) is 2. The molecule has 0 saturated carbocycles. The molecule has 0 aliphatic heterocycles. The number of nitro groups is 2. The first kappa shape index (κ1) is 28.0. The van der Waals surface area contributed by atoms with Gasteiger partial charge < -0.3 is 19.9 Å². The van der Waals surface area contributed by atoms with Crippen LogP contribution < -0.4 is 15.4 Å². The summed E-state index contributed by atoms with van der Waals surface area (Å²) >= 11 is 1.06. The molecule has 1 heterocycles. The Balaban J connectivity index is 1.70. The number of aromatic nitrogens is 3. The molecular weight excluding hydrogens is 518 g/mol. The van der Waals surface area contributed by atoms with Gasteiger partial charge >= 0.3 is 0 Å². The van der Waals surface area contributed by atoms with Crippen molar-refractivity contribution in [2.75, 3.05) is 18.2 Å². The summed E-state index contributed by atoms with van der Waals surface area (Å²) in [6.45, 7) is 3.74. The fourth-order valence-electron chi connectivity index (χ4n) is 3.45. The van der Waals surface area contributed by atoms with Crippen LogP contribution in [-0.4, -0.2) is 49.3 Å². The molecule has 0 radical (unpaired) electrons. The molecule has 3 rings (SSSR count). The molecule has 1 atom stereocenters. The van der Waals surface area contributed by atoms with E-state index in [1.165, 1.54) is 49.6 Å². The molecule has 14 nitrogen and oxygen atoms in total. The molecule has 0 bridgehead atoms. The SMILES string of the molecule is COc1ccc(NC(=O)CSc2nnc([C@H](NC(=O)c3cccc([N+](=O)[O-])c3)C(C)C)n2C)c([N+](=O)[O-])c1. The van der Waals surface area contributed by atoms with Crippen molar-refractivity contribution < 1.29 is 24.2 Å². The van der Waals surface area contributed by atoms with E-state index in [1.807, 2.05) is 13.8 Å². The number of rotatable bonds is 11. The maximum Gasteiger partial charge on any atom is 0.296 e. The van der Waals surface area contributed by atoms with Crippen molar-refractivity contribution in [2.24, 2.45) is 13.0 Å². The highest BCUT2D eigenvalue weighted by Gasteiger charge is 2.26. The second-order valence-corrected chi connectivity index (χ2v) is 9.32. The third-order valence-corrected chi connectivity index (χ3v) is 6.45. The molecule has 0 aliphatic carbocycles. The monoisotopic (exact) mass is 543 g/mol. The zero-order valence-electron chi connectivity index (χ0n) is 20.9. The van der Waals surface area contributed by atoms with Crippen LogP contribution in [0.4, 0.5) is 17.1 Å². The van der Waals surface area contributed by atoms with Gasteiger partial charge in [0.05, 0.1) is 34.8 Å². The topological polar surface area (TPSA) is 184 Å². The highest BCUT2D eigenvalue weighted by Crippen LogP contribution is 2.30. The quantitative estimate of drug-likeness (QED) is 0.206. The van der Waals surface area contributed by atoms with Gasteiger partial charge in [-0.25, -0.2) is 0 Å². The van der Waals surface area contributed by atoms with Crippen molar-refractivity contribution in [3.05, 3.63) is 74.1 Å². The second kappa shape index (κ2) is 12.1. The van der Waals surface area contributed by atoms with Gasteiger partial charge in [0.1, 0.15) is 11.4 Å². The molecule has 200 valence electrons. The van der Waals surface area contributed by atoms with E-state index in [4.69, 9.17) is 4.74 Å². The van der Waals surface area contributed by atoms with Gasteiger partial charge in [0, 0.05) is 24.7 Å². The zero-order valence-corrected chi connectivity index (χ0v) is 21.7. The summed E-state index contributed by atoms with van der Waals surface area (Å²) in [5.41, 5.74) is -0.341. The Morgan fingerprint density at radius 2 is 1.84 bits per heavy atom. The number of ether oxygens (including phenoxy) is 1. The number of benzene rings is 2. The molecule has 2 amide bonds. The number of carbonyl (C=O) groups is 2. The number of anilines is 1. The fraction of sp³-hybridized carbons (Fsp3) is 0.304. The molecule has 38 heavy (non-hydrogen) atoms. The molecule has 0 unspecified atom stereocenters. The van der Waals surface area contributed by atoms with Crippen molar-refractivity contribution in [1.29, 1.82) is 0 Å². The Hall–Kier alpha value is -4.53. The Bertz CT molecular complexity index is 1380. The zero-order chi connectivity index (χ0) is 28.0. The third kappa shape index (κ3) is 6.61. The van der Waals surface area contributed by atoms with E-state index < -0.39 is 27.7 Å². The Kier molecular flexibility index (Phi) is 8.96. The summed E-state index contributed by atoms with van der Waals surface area (Å²) in [5.74, 6) is -0.517. The van der Waals surface area contributed by atoms with Crippen molar-refractivity contribution in [3.63, 3.8) is 0 Å². The van der Waals surface area contributed by atoms with Gasteiger partial charge in [-0.15, -0.1) is 10.2 Å². The summed E-state index contributed by atoms with van der Waals surface area (Å²) in [6, 6.07) is 8.91. The number of nitrogens with one attached hydrogen (secondary N) is 2. The number of hydrogen-bond acceptors (Lipinski definition) is 10. The molecule has 1 aromatic heterocycles. The van der Waals surface area contributed by atoms with Crippen LogP contribution in [0, 0.1) is 26.1 Å². The molecule has 2 aromatic carbocycles. The van der Waals surface area contributed by atoms with Gasteiger partial charge in [-0.3, -0.25) is 29.8 Å². The number of amides is 2. The molecule has 0 fully saturated rings. The van der Waals surface area contributed by atoms with Crippen LogP contribution in [0.25, 0.3) is 0 Å². The Morgan fingerprint density at radius 3 is 2.47 bits per heavy atom. The van der Waals surface area contributed by atoms with Crippen molar-refractivity contribution in [1.82, 2.24) is 20.1 Å². The number of thioether (sulfide) groups is 1. The van der Waals surface area contributed by atoms with E-state index in [1.54, 1.807) is 11.6 Å². The summed E-state index contributed by atoms with van der Waals surface area (Å²) in [5, 5.41) is 36.4. The lowest BCUT2D eigenvalue weighted by molar-refractivity contribution is -0.384. The van der Waals surface area contributed by atoms with Gasteiger partial charge in [-0.2, -0.15) is 0 Å². The predicted octanol–water partition coefficient (Wildman–Crippen LogP) is 3.50. The summed E-state index contributed by atoms with van der Waals surface area (Å²) in [7, 11) is 3.06. The Labute approximate surface area is 221 Å². The number of methoxy groups -OCH3 is 1. The molecule has 0 saturated heterocycles. The van der Waals surface area contributed by atoms with Crippen LogP contribution in [0.15, 0.2) is 47.6 Å². The van der Waals surface area contributed by atoms with Gasteiger partial charge in [0.2, 0.25) is 5.91 Å². The predicted molar refractivity (Wildman–Crippen MR) is 138 cm³/mol. The van der Waals surface area contributed by atoms with E-state index >= 15 is 0 Å². The normalized spacial score (nSPS) is 11.6. The smallest absolute Gasteiger partial charge is 0.296 e. The van der Waals surface area contributed by atoms with Crippen LogP contribution in [0.1, 0.15) is 36.1 Å². The molecule has 0 spiro atoms. The standard InChI is InChI=1S/C23H25N7O7S/c1-13(2)20(25-22(32)14-6-5-7-15(10-14)29(33)34)21-26-27-23(28(21)3)38-12-19(31)24-17-9-8-16(37-4)11-18(17)30(35)36/h5-11,13,20H,12H2,1-4H3,(H,24,31)(H,25,32)/t20-/m1/s1. The number of nitro benzene ring substituents is 2. The van der Waals surface area contributed by atoms with Gasteiger partial charge in [-0.05, 0) is 24.1 Å².